The van der Waals surface area contributed by atoms with Crippen molar-refractivity contribution in [2.45, 2.75) is 75.6 Å². The van der Waals surface area contributed by atoms with Gasteiger partial charge in [0.25, 0.3) is 10.0 Å². The van der Waals surface area contributed by atoms with Crippen LogP contribution in [0.3, 0.4) is 0 Å². The number of thiophene rings is 1. The molecule has 7 heteroatoms. The van der Waals surface area contributed by atoms with Gasteiger partial charge in [0.2, 0.25) is 0 Å². The average Bonchev–Trinajstić information content (AvgIpc) is 3.03. The molecular weight excluding hydrogens is 378 g/mol. The van der Waals surface area contributed by atoms with Gasteiger partial charge in [0.1, 0.15) is 10.0 Å². The number of sulfonamides is 1. The smallest absolute Gasteiger partial charge is 0.272 e. The molecule has 2 N–H and O–H groups in total. The molecule has 2 heterocycles. The molecule has 0 amide bonds. The number of nitrogens with zero attached hydrogens (tertiary/aromatic N) is 1. The first-order chi connectivity index (χ1) is 13.0. The van der Waals surface area contributed by atoms with Crippen LogP contribution >= 0.6 is 11.3 Å². The zero-order chi connectivity index (χ0) is 19.5. The quantitative estimate of drug-likeness (QED) is 0.646. The first-order valence-electron chi connectivity index (χ1n) is 9.72. The van der Waals surface area contributed by atoms with Gasteiger partial charge in [0.05, 0.1) is 0 Å². The number of nitrogens with one attached hydrogen (secondary N) is 2. The number of hydrogen-bond donors (Lipinski definition) is 2. The maximum atomic E-state index is 12.2. The Morgan fingerprint density at radius 2 is 1.67 bits per heavy atom. The van der Waals surface area contributed by atoms with Crippen molar-refractivity contribution in [2.75, 3.05) is 4.72 Å². The van der Waals surface area contributed by atoms with Gasteiger partial charge in [-0.2, -0.15) is 0 Å². The highest BCUT2D eigenvalue weighted by Gasteiger charge is 2.17. The minimum Gasteiger partial charge on any atom is -0.310 e. The topological polar surface area (TPSA) is 71.1 Å². The minimum absolute atomic E-state index is 0.283. The van der Waals surface area contributed by atoms with Crippen LogP contribution in [0.4, 0.5) is 5.82 Å². The van der Waals surface area contributed by atoms with Crippen molar-refractivity contribution in [1.82, 2.24) is 10.3 Å². The van der Waals surface area contributed by atoms with E-state index < -0.39 is 10.0 Å². The molecule has 0 aliphatic heterocycles. The van der Waals surface area contributed by atoms with Gasteiger partial charge >= 0.3 is 0 Å². The van der Waals surface area contributed by atoms with Gasteiger partial charge in [-0.25, -0.2) is 13.4 Å². The van der Waals surface area contributed by atoms with Crippen LogP contribution in [-0.4, -0.2) is 19.4 Å². The summed E-state index contributed by atoms with van der Waals surface area (Å²) in [6.07, 6.45) is 12.1. The second-order valence-electron chi connectivity index (χ2n) is 7.06. The van der Waals surface area contributed by atoms with Gasteiger partial charge in [-0.1, -0.05) is 70.9 Å². The Hall–Kier alpha value is -1.44. The summed E-state index contributed by atoms with van der Waals surface area (Å²) in [7, 11) is -3.55. The molecule has 0 bridgehead atoms. The van der Waals surface area contributed by atoms with Crippen molar-refractivity contribution < 1.29 is 8.42 Å². The first-order valence-corrected chi connectivity index (χ1v) is 12.1. The van der Waals surface area contributed by atoms with Gasteiger partial charge in [-0.15, -0.1) is 11.3 Å². The molecule has 1 aliphatic carbocycles. The number of anilines is 1. The second-order valence-corrected chi connectivity index (χ2v) is 9.92. The van der Waals surface area contributed by atoms with E-state index in [1.54, 1.807) is 29.8 Å². The summed E-state index contributed by atoms with van der Waals surface area (Å²) in [5.41, 5.74) is 0.821. The Bertz CT molecular complexity index is 740. The van der Waals surface area contributed by atoms with E-state index in [2.05, 4.69) is 15.0 Å². The van der Waals surface area contributed by atoms with E-state index in [0.717, 1.165) is 5.56 Å². The maximum absolute atomic E-state index is 12.2. The highest BCUT2D eigenvalue weighted by molar-refractivity contribution is 7.94. The first kappa shape index (κ1) is 21.9. The van der Waals surface area contributed by atoms with Gasteiger partial charge in [-0.3, -0.25) is 4.72 Å². The third-order valence-corrected chi connectivity index (χ3v) is 7.07. The molecule has 0 spiro atoms. The summed E-state index contributed by atoms with van der Waals surface area (Å²) >= 11 is 1.18. The number of pyridine rings is 1. The molecule has 3 rings (SSSR count). The maximum Gasteiger partial charge on any atom is 0.272 e. The third kappa shape index (κ3) is 7.99. The molecule has 2 aromatic heterocycles. The highest BCUT2D eigenvalue weighted by atomic mass is 32.2. The molecule has 5 nitrogen and oxygen atoms in total. The fraction of sp³-hybridized carbons (Fsp3) is 0.550. The monoisotopic (exact) mass is 409 g/mol. The van der Waals surface area contributed by atoms with Crippen LogP contribution in [-0.2, 0) is 16.6 Å². The Balaban J connectivity index is 0.000000313. The van der Waals surface area contributed by atoms with Crippen molar-refractivity contribution >= 4 is 27.2 Å². The summed E-state index contributed by atoms with van der Waals surface area (Å²) in [5.74, 6) is 0.369. The fourth-order valence-electron chi connectivity index (χ4n) is 2.82. The molecule has 0 aromatic carbocycles. The predicted octanol–water partition coefficient (Wildman–Crippen LogP) is 5.17. The molecule has 1 aliphatic rings. The minimum atomic E-state index is -3.55. The van der Waals surface area contributed by atoms with Gasteiger partial charge in [-0.05, 0) is 17.5 Å². The van der Waals surface area contributed by atoms with Crippen molar-refractivity contribution in [3.05, 3.63) is 41.4 Å². The molecule has 2 aromatic rings. The lowest BCUT2D eigenvalue weighted by Gasteiger charge is -2.12. The molecule has 0 saturated heterocycles. The summed E-state index contributed by atoms with van der Waals surface area (Å²) in [4.78, 5) is 4.13. The van der Waals surface area contributed by atoms with E-state index in [1.807, 2.05) is 19.9 Å². The standard InChI is InChI=1S/C13H17N3O2S2.C7H14/c1-10(2)15-9-11-5-3-7-14-13(11)16-20(17,18)12-6-4-8-19-12;1-2-4-6-7-5-3-1/h3-8,10,15H,9H2,1-2H3,(H,14,16);1-7H2. The molecular formula is C20H31N3O2S2. The van der Waals surface area contributed by atoms with Crippen LogP contribution < -0.4 is 10.0 Å². The van der Waals surface area contributed by atoms with Crippen LogP contribution in [0.1, 0.15) is 64.4 Å². The lowest BCUT2D eigenvalue weighted by atomic mass is 10.2. The molecule has 0 atom stereocenters. The van der Waals surface area contributed by atoms with Crippen LogP contribution in [0.2, 0.25) is 0 Å². The molecule has 1 fully saturated rings. The number of aromatic nitrogens is 1. The Kier molecular flexibility index (Phi) is 9.24. The number of hydrogen-bond acceptors (Lipinski definition) is 5. The lowest BCUT2D eigenvalue weighted by Crippen LogP contribution is -2.23. The summed E-state index contributed by atoms with van der Waals surface area (Å²) in [6.45, 7) is 4.63. The van der Waals surface area contributed by atoms with E-state index in [0.29, 0.717) is 18.4 Å². The zero-order valence-electron chi connectivity index (χ0n) is 16.3. The van der Waals surface area contributed by atoms with Crippen LogP contribution in [0, 0.1) is 0 Å². The molecule has 0 radical (unpaired) electrons. The summed E-state index contributed by atoms with van der Waals surface area (Å²) in [6, 6.07) is 7.24. The Morgan fingerprint density at radius 3 is 2.19 bits per heavy atom. The van der Waals surface area contributed by atoms with E-state index >= 15 is 0 Å². The second kappa shape index (κ2) is 11.4. The normalized spacial score (nSPS) is 14.9. The molecule has 1 saturated carbocycles. The van der Waals surface area contributed by atoms with Crippen molar-refractivity contribution in [3.8, 4) is 0 Å². The van der Waals surface area contributed by atoms with Crippen LogP contribution in [0.15, 0.2) is 40.1 Å². The lowest BCUT2D eigenvalue weighted by molar-refractivity contribution is 0.588. The Labute approximate surface area is 167 Å². The summed E-state index contributed by atoms with van der Waals surface area (Å²) in [5, 5.41) is 4.98. The molecule has 27 heavy (non-hydrogen) atoms. The zero-order valence-corrected chi connectivity index (χ0v) is 17.9. The largest absolute Gasteiger partial charge is 0.310 e. The highest BCUT2D eigenvalue weighted by Crippen LogP contribution is 2.21. The molecule has 0 unspecified atom stereocenters. The van der Waals surface area contributed by atoms with E-state index in [-0.39, 0.29) is 4.21 Å². The predicted molar refractivity (Wildman–Crippen MR) is 114 cm³/mol. The van der Waals surface area contributed by atoms with Crippen molar-refractivity contribution in [3.63, 3.8) is 0 Å². The van der Waals surface area contributed by atoms with Crippen molar-refractivity contribution in [2.24, 2.45) is 0 Å². The van der Waals surface area contributed by atoms with Gasteiger partial charge in [0.15, 0.2) is 0 Å². The van der Waals surface area contributed by atoms with Crippen LogP contribution in [0.25, 0.3) is 0 Å². The average molecular weight is 410 g/mol. The number of rotatable bonds is 6. The van der Waals surface area contributed by atoms with E-state index in [4.69, 9.17) is 0 Å². The van der Waals surface area contributed by atoms with Crippen molar-refractivity contribution in [1.29, 1.82) is 0 Å². The van der Waals surface area contributed by atoms with E-state index in [9.17, 15) is 8.42 Å². The summed E-state index contributed by atoms with van der Waals surface area (Å²) < 4.78 is 27.2. The SMILES string of the molecule is C1CCCCCC1.CC(C)NCc1cccnc1NS(=O)(=O)c1cccs1. The molecule has 150 valence electrons. The fourth-order valence-corrected chi connectivity index (χ4v) is 4.86. The Morgan fingerprint density at radius 1 is 1.04 bits per heavy atom. The van der Waals surface area contributed by atoms with E-state index in [1.165, 1.54) is 56.3 Å². The third-order valence-electron chi connectivity index (χ3n) is 4.33. The van der Waals surface area contributed by atoms with Gasteiger partial charge < -0.3 is 5.32 Å². The van der Waals surface area contributed by atoms with Gasteiger partial charge in [0, 0.05) is 24.3 Å². The van der Waals surface area contributed by atoms with Crippen LogP contribution in [0.5, 0.6) is 0 Å².